The number of nitrogens with one attached hydrogen (secondary N) is 1. The second kappa shape index (κ2) is 7.57. The number of rotatable bonds is 5. The molecule has 1 amide bonds. The molecule has 0 aliphatic carbocycles. The van der Waals surface area contributed by atoms with Crippen LogP contribution < -0.4 is 11.1 Å². The van der Waals surface area contributed by atoms with E-state index in [2.05, 4.69) is 39.6 Å². The maximum absolute atomic E-state index is 12.4. The predicted molar refractivity (Wildman–Crippen MR) is 102 cm³/mol. The monoisotopic (exact) mass is 368 g/mol. The van der Waals surface area contributed by atoms with Crippen LogP contribution in [0.2, 0.25) is 0 Å². The van der Waals surface area contributed by atoms with E-state index in [9.17, 15) is 4.79 Å². The van der Waals surface area contributed by atoms with Crippen LogP contribution in [0.25, 0.3) is 11.3 Å². The SMILES string of the molecule is CC(C)c1ccc(-c2ccc(C(=O)N[C@@H](C)c3nnc(N)s3)cc2)nn1. The Hall–Kier alpha value is -2.87. The Balaban J connectivity index is 1.69. The summed E-state index contributed by atoms with van der Waals surface area (Å²) in [6.07, 6.45) is 0. The zero-order valence-corrected chi connectivity index (χ0v) is 15.6. The van der Waals surface area contributed by atoms with Crippen LogP contribution in [-0.4, -0.2) is 26.3 Å². The van der Waals surface area contributed by atoms with Gasteiger partial charge in [-0.25, -0.2) is 0 Å². The van der Waals surface area contributed by atoms with Gasteiger partial charge in [0.05, 0.1) is 17.4 Å². The molecule has 0 fully saturated rings. The first kappa shape index (κ1) is 17.9. The first-order valence-electron chi connectivity index (χ1n) is 8.28. The van der Waals surface area contributed by atoms with Gasteiger partial charge in [-0.1, -0.05) is 37.3 Å². The number of amides is 1. The van der Waals surface area contributed by atoms with Crippen molar-refractivity contribution >= 4 is 22.4 Å². The number of hydrogen-bond acceptors (Lipinski definition) is 7. The predicted octanol–water partition coefficient (Wildman–Crippen LogP) is 3.19. The molecule has 3 aromatic rings. The fourth-order valence-electron chi connectivity index (χ4n) is 2.36. The molecule has 0 aliphatic heterocycles. The van der Waals surface area contributed by atoms with Crippen LogP contribution >= 0.6 is 11.3 Å². The van der Waals surface area contributed by atoms with E-state index >= 15 is 0 Å². The van der Waals surface area contributed by atoms with Gasteiger partial charge in [0.1, 0.15) is 5.01 Å². The van der Waals surface area contributed by atoms with Crippen molar-refractivity contribution in [1.82, 2.24) is 25.7 Å². The molecule has 0 saturated carbocycles. The maximum atomic E-state index is 12.4. The van der Waals surface area contributed by atoms with E-state index in [1.807, 2.05) is 31.2 Å². The summed E-state index contributed by atoms with van der Waals surface area (Å²) in [4.78, 5) is 12.4. The van der Waals surface area contributed by atoms with Crippen molar-refractivity contribution in [3.63, 3.8) is 0 Å². The molecule has 1 aromatic carbocycles. The molecule has 2 aromatic heterocycles. The van der Waals surface area contributed by atoms with Crippen molar-refractivity contribution in [1.29, 1.82) is 0 Å². The van der Waals surface area contributed by atoms with Crippen LogP contribution in [0.15, 0.2) is 36.4 Å². The molecule has 3 rings (SSSR count). The number of carbonyl (C=O) groups is 1. The maximum Gasteiger partial charge on any atom is 0.251 e. The lowest BCUT2D eigenvalue weighted by molar-refractivity contribution is 0.0939. The summed E-state index contributed by atoms with van der Waals surface area (Å²) in [6, 6.07) is 10.9. The molecular formula is C18H20N6OS. The molecule has 8 heteroatoms. The van der Waals surface area contributed by atoms with Gasteiger partial charge in [-0.2, -0.15) is 10.2 Å². The summed E-state index contributed by atoms with van der Waals surface area (Å²) >= 11 is 1.26. The number of benzene rings is 1. The normalized spacial score (nSPS) is 12.2. The molecule has 7 nitrogen and oxygen atoms in total. The van der Waals surface area contributed by atoms with E-state index in [1.54, 1.807) is 12.1 Å². The van der Waals surface area contributed by atoms with Gasteiger partial charge in [-0.05, 0) is 37.1 Å². The van der Waals surface area contributed by atoms with Gasteiger partial charge >= 0.3 is 0 Å². The Morgan fingerprint density at radius 2 is 1.73 bits per heavy atom. The molecule has 26 heavy (non-hydrogen) atoms. The summed E-state index contributed by atoms with van der Waals surface area (Å²) in [5.74, 6) is 0.159. The number of anilines is 1. The van der Waals surface area contributed by atoms with E-state index in [-0.39, 0.29) is 11.9 Å². The number of carbonyl (C=O) groups excluding carboxylic acids is 1. The summed E-state index contributed by atoms with van der Waals surface area (Å²) in [5, 5.41) is 20.2. The highest BCUT2D eigenvalue weighted by molar-refractivity contribution is 7.15. The van der Waals surface area contributed by atoms with E-state index < -0.39 is 0 Å². The van der Waals surface area contributed by atoms with E-state index in [0.29, 0.717) is 21.6 Å². The van der Waals surface area contributed by atoms with Gasteiger partial charge in [-0.15, -0.1) is 10.2 Å². The summed E-state index contributed by atoms with van der Waals surface area (Å²) in [7, 11) is 0. The minimum atomic E-state index is -0.258. The highest BCUT2D eigenvalue weighted by Crippen LogP contribution is 2.21. The van der Waals surface area contributed by atoms with Gasteiger partial charge in [0.2, 0.25) is 5.13 Å². The number of aromatic nitrogens is 4. The second-order valence-electron chi connectivity index (χ2n) is 6.25. The standard InChI is InChI=1S/C18H20N6OS/c1-10(2)14-8-9-15(22-21-14)12-4-6-13(7-5-12)16(25)20-11(3)17-23-24-18(19)26-17/h4-11H,1-3H3,(H2,19,24)(H,20,25)/t11-/m0/s1. The Morgan fingerprint density at radius 1 is 1.00 bits per heavy atom. The fourth-order valence-corrected chi connectivity index (χ4v) is 2.97. The van der Waals surface area contributed by atoms with E-state index in [1.165, 1.54) is 11.3 Å². The van der Waals surface area contributed by atoms with Crippen molar-refractivity contribution < 1.29 is 4.79 Å². The first-order valence-corrected chi connectivity index (χ1v) is 9.09. The molecule has 134 valence electrons. The van der Waals surface area contributed by atoms with Crippen molar-refractivity contribution in [2.45, 2.75) is 32.7 Å². The zero-order chi connectivity index (χ0) is 18.7. The number of hydrogen-bond donors (Lipinski definition) is 2. The summed E-state index contributed by atoms with van der Waals surface area (Å²) < 4.78 is 0. The van der Waals surface area contributed by atoms with Crippen molar-refractivity contribution in [2.75, 3.05) is 5.73 Å². The number of nitrogens with two attached hydrogens (primary N) is 1. The second-order valence-corrected chi connectivity index (χ2v) is 7.29. The molecule has 2 heterocycles. The van der Waals surface area contributed by atoms with Crippen molar-refractivity contribution in [3.8, 4) is 11.3 Å². The molecule has 3 N–H and O–H groups in total. The largest absolute Gasteiger partial charge is 0.374 e. The van der Waals surface area contributed by atoms with Crippen LogP contribution in [0.4, 0.5) is 5.13 Å². The lowest BCUT2D eigenvalue weighted by atomic mass is 10.1. The lowest BCUT2D eigenvalue weighted by Crippen LogP contribution is -2.26. The lowest BCUT2D eigenvalue weighted by Gasteiger charge is -2.11. The zero-order valence-electron chi connectivity index (χ0n) is 14.8. The van der Waals surface area contributed by atoms with Gasteiger partial charge in [0, 0.05) is 11.1 Å². The average Bonchev–Trinajstić information content (AvgIpc) is 3.08. The Kier molecular flexibility index (Phi) is 5.22. The van der Waals surface area contributed by atoms with E-state index in [4.69, 9.17) is 5.73 Å². The molecule has 0 saturated heterocycles. The third-order valence-corrected chi connectivity index (χ3v) is 4.83. The number of nitrogens with zero attached hydrogens (tertiary/aromatic N) is 4. The van der Waals surface area contributed by atoms with Gasteiger partial charge in [0.25, 0.3) is 5.91 Å². The van der Waals surface area contributed by atoms with Crippen LogP contribution in [0.5, 0.6) is 0 Å². The highest BCUT2D eigenvalue weighted by atomic mass is 32.1. The smallest absolute Gasteiger partial charge is 0.251 e. The summed E-state index contributed by atoms with van der Waals surface area (Å²) in [6.45, 7) is 6.00. The van der Waals surface area contributed by atoms with Crippen LogP contribution in [0, 0.1) is 0 Å². The average molecular weight is 368 g/mol. The summed E-state index contributed by atoms with van der Waals surface area (Å²) in [5.41, 5.74) is 8.78. The third-order valence-electron chi connectivity index (χ3n) is 3.89. The molecule has 0 radical (unpaired) electrons. The van der Waals surface area contributed by atoms with Crippen molar-refractivity contribution in [2.24, 2.45) is 0 Å². The quantitative estimate of drug-likeness (QED) is 0.716. The van der Waals surface area contributed by atoms with Gasteiger partial charge in [-0.3, -0.25) is 4.79 Å². The van der Waals surface area contributed by atoms with Crippen LogP contribution in [-0.2, 0) is 0 Å². The first-order chi connectivity index (χ1) is 12.4. The minimum Gasteiger partial charge on any atom is -0.374 e. The highest BCUT2D eigenvalue weighted by Gasteiger charge is 2.15. The molecule has 0 spiro atoms. The van der Waals surface area contributed by atoms with Gasteiger partial charge < -0.3 is 11.1 Å². The number of nitrogen functional groups attached to an aromatic ring is 1. The van der Waals surface area contributed by atoms with Crippen molar-refractivity contribution in [3.05, 3.63) is 52.7 Å². The molecular weight excluding hydrogens is 348 g/mol. The van der Waals surface area contributed by atoms with Crippen LogP contribution in [0.3, 0.4) is 0 Å². The molecule has 0 bridgehead atoms. The molecule has 0 aliphatic rings. The van der Waals surface area contributed by atoms with Gasteiger partial charge in [0.15, 0.2) is 0 Å². The minimum absolute atomic E-state index is 0.181. The molecule has 1 atom stereocenters. The Labute approximate surface area is 155 Å². The van der Waals surface area contributed by atoms with E-state index in [0.717, 1.165) is 17.0 Å². The third kappa shape index (κ3) is 4.02. The Morgan fingerprint density at radius 3 is 2.27 bits per heavy atom. The topological polar surface area (TPSA) is 107 Å². The Bertz CT molecular complexity index is 889. The van der Waals surface area contributed by atoms with Crippen LogP contribution in [0.1, 0.15) is 53.8 Å². The fraction of sp³-hybridized carbons (Fsp3) is 0.278. The molecule has 0 unspecified atom stereocenters.